The van der Waals surface area contributed by atoms with E-state index in [1.54, 1.807) is 31.1 Å². The lowest BCUT2D eigenvalue weighted by atomic mass is 10.0. The van der Waals surface area contributed by atoms with Crippen molar-refractivity contribution in [1.29, 1.82) is 0 Å². The van der Waals surface area contributed by atoms with Crippen LogP contribution in [-0.2, 0) is 11.2 Å². The van der Waals surface area contributed by atoms with E-state index in [4.69, 9.17) is 4.52 Å². The van der Waals surface area contributed by atoms with Gasteiger partial charge in [-0.15, -0.1) is 0 Å². The van der Waals surface area contributed by atoms with Gasteiger partial charge >= 0.3 is 6.01 Å². The molecule has 0 spiro atoms. The molecule has 0 radical (unpaired) electrons. The molecule has 0 bridgehead atoms. The molecule has 2 heterocycles. The van der Waals surface area contributed by atoms with E-state index in [1.165, 1.54) is 17.0 Å². The quantitative estimate of drug-likeness (QED) is 0.870. The van der Waals surface area contributed by atoms with E-state index < -0.39 is 6.10 Å². The Kier molecular flexibility index (Phi) is 4.98. The minimum Gasteiger partial charge on any atom is -0.391 e. The topological polar surface area (TPSA) is 82.7 Å². The number of halogens is 1. The van der Waals surface area contributed by atoms with E-state index in [9.17, 15) is 14.3 Å². The van der Waals surface area contributed by atoms with Crippen LogP contribution < -0.4 is 4.90 Å². The molecule has 8 heteroatoms. The van der Waals surface area contributed by atoms with Crippen molar-refractivity contribution in [2.75, 3.05) is 32.1 Å². The van der Waals surface area contributed by atoms with Gasteiger partial charge in [0, 0.05) is 45.9 Å². The summed E-state index contributed by atoms with van der Waals surface area (Å²) < 4.78 is 18.2. The number of carbonyl (C=O) groups excluding carboxylic acids is 1. The number of amides is 1. The molecule has 1 aromatic carbocycles. The number of aliphatic hydroxyl groups is 1. The van der Waals surface area contributed by atoms with Gasteiger partial charge in [0.05, 0.1) is 6.10 Å². The van der Waals surface area contributed by atoms with E-state index in [1.807, 2.05) is 0 Å². The molecule has 0 unspecified atom stereocenters. The maximum absolute atomic E-state index is 12.9. The molecule has 0 saturated carbocycles. The molecule has 1 saturated heterocycles. The number of hydrogen-bond acceptors (Lipinski definition) is 6. The third-order valence-corrected chi connectivity index (χ3v) is 4.35. The van der Waals surface area contributed by atoms with Crippen molar-refractivity contribution in [3.05, 3.63) is 41.5 Å². The van der Waals surface area contributed by atoms with Crippen LogP contribution in [0.5, 0.6) is 0 Å². The predicted octanol–water partition coefficient (Wildman–Crippen LogP) is 1.07. The van der Waals surface area contributed by atoms with Crippen LogP contribution in [-0.4, -0.2) is 59.3 Å². The van der Waals surface area contributed by atoms with Gasteiger partial charge in [0.2, 0.25) is 5.91 Å². The first-order valence-electron chi connectivity index (χ1n) is 8.12. The van der Waals surface area contributed by atoms with E-state index >= 15 is 0 Å². The summed E-state index contributed by atoms with van der Waals surface area (Å²) in [5.41, 5.74) is 0.879. The van der Waals surface area contributed by atoms with Gasteiger partial charge in [-0.05, 0) is 17.7 Å². The Balaban J connectivity index is 1.62. The van der Waals surface area contributed by atoms with Gasteiger partial charge in [0.1, 0.15) is 5.82 Å². The number of β-amino-alcohol motifs (C(OH)–C–C–N with tert-alkyl or cyclic N) is 1. The van der Waals surface area contributed by atoms with Crippen molar-refractivity contribution in [1.82, 2.24) is 15.0 Å². The van der Waals surface area contributed by atoms with Crippen molar-refractivity contribution < 1.29 is 18.8 Å². The smallest absolute Gasteiger partial charge is 0.324 e. The second-order valence-corrected chi connectivity index (χ2v) is 6.52. The first kappa shape index (κ1) is 17.3. The maximum atomic E-state index is 12.9. The lowest BCUT2D eigenvalue weighted by Gasteiger charge is -2.16. The van der Waals surface area contributed by atoms with Crippen molar-refractivity contribution in [2.45, 2.75) is 18.9 Å². The largest absolute Gasteiger partial charge is 0.391 e. The monoisotopic (exact) mass is 348 g/mol. The zero-order valence-electron chi connectivity index (χ0n) is 14.2. The summed E-state index contributed by atoms with van der Waals surface area (Å²) >= 11 is 0. The Morgan fingerprint density at radius 2 is 2.08 bits per heavy atom. The van der Waals surface area contributed by atoms with Crippen LogP contribution >= 0.6 is 0 Å². The molecule has 0 aliphatic carbocycles. The number of rotatable bonds is 5. The molecule has 25 heavy (non-hydrogen) atoms. The molecule has 3 rings (SSSR count). The Hall–Kier alpha value is -2.48. The van der Waals surface area contributed by atoms with Gasteiger partial charge in [0.15, 0.2) is 5.82 Å². The zero-order valence-corrected chi connectivity index (χ0v) is 14.2. The summed E-state index contributed by atoms with van der Waals surface area (Å²) in [7, 11) is 3.39. The second-order valence-electron chi connectivity index (χ2n) is 6.52. The molecule has 1 aromatic heterocycles. The van der Waals surface area contributed by atoms with E-state index in [-0.39, 0.29) is 24.1 Å². The van der Waals surface area contributed by atoms with Gasteiger partial charge in [-0.1, -0.05) is 17.3 Å². The molecule has 2 atom stereocenters. The molecule has 134 valence electrons. The van der Waals surface area contributed by atoms with Crippen LogP contribution in [0.3, 0.4) is 0 Å². The average Bonchev–Trinajstić information content (AvgIpc) is 3.17. The van der Waals surface area contributed by atoms with Crippen molar-refractivity contribution in [2.24, 2.45) is 5.92 Å². The van der Waals surface area contributed by atoms with Gasteiger partial charge in [-0.25, -0.2) is 4.39 Å². The number of anilines is 1. The van der Waals surface area contributed by atoms with Crippen LogP contribution in [0.2, 0.25) is 0 Å². The molecule has 1 amide bonds. The number of aliphatic hydroxyl groups excluding tert-OH is 1. The minimum absolute atomic E-state index is 0.0200. The van der Waals surface area contributed by atoms with E-state index in [2.05, 4.69) is 10.1 Å². The van der Waals surface area contributed by atoms with Gasteiger partial charge in [0.25, 0.3) is 0 Å². The van der Waals surface area contributed by atoms with Crippen LogP contribution in [0.1, 0.15) is 17.8 Å². The fourth-order valence-corrected chi connectivity index (χ4v) is 2.85. The minimum atomic E-state index is -0.614. The predicted molar refractivity (Wildman–Crippen MR) is 88.5 cm³/mol. The Labute approximate surface area is 145 Å². The third-order valence-electron chi connectivity index (χ3n) is 4.35. The molecular formula is C17H21FN4O3. The summed E-state index contributed by atoms with van der Waals surface area (Å²) in [5.74, 6) is 0.0154. The summed E-state index contributed by atoms with van der Waals surface area (Å²) in [4.78, 5) is 19.5. The average molecular weight is 348 g/mol. The lowest BCUT2D eigenvalue weighted by Crippen LogP contribution is -2.28. The van der Waals surface area contributed by atoms with Gasteiger partial charge in [-0.3, -0.25) is 4.79 Å². The van der Waals surface area contributed by atoms with Crippen molar-refractivity contribution in [3.8, 4) is 0 Å². The fourth-order valence-electron chi connectivity index (χ4n) is 2.85. The first-order valence-corrected chi connectivity index (χ1v) is 8.12. The molecule has 7 nitrogen and oxygen atoms in total. The summed E-state index contributed by atoms with van der Waals surface area (Å²) in [6.07, 6.45) is 0.0978. The van der Waals surface area contributed by atoms with Gasteiger partial charge in [-0.2, -0.15) is 4.98 Å². The van der Waals surface area contributed by atoms with Gasteiger partial charge < -0.3 is 19.4 Å². The molecule has 2 aromatic rings. The van der Waals surface area contributed by atoms with Crippen LogP contribution in [0.4, 0.5) is 10.4 Å². The maximum Gasteiger partial charge on any atom is 0.324 e. The highest BCUT2D eigenvalue weighted by molar-refractivity contribution is 5.76. The molecule has 1 fully saturated rings. The standard InChI is InChI=1S/C17H21FN4O3/c1-21(2)16(24)8-12-9-22(10-14(12)23)17-19-15(20-25-17)7-11-3-5-13(18)6-4-11/h3-6,12,14,23H,7-10H2,1-2H3/t12-,14-/m1/s1. The Morgan fingerprint density at radius 3 is 2.76 bits per heavy atom. The molecule has 1 N–H and O–H groups in total. The van der Waals surface area contributed by atoms with Crippen LogP contribution in [0.15, 0.2) is 28.8 Å². The number of carbonyl (C=O) groups is 1. The first-order chi connectivity index (χ1) is 11.9. The Morgan fingerprint density at radius 1 is 1.36 bits per heavy atom. The molecule has 1 aliphatic heterocycles. The van der Waals surface area contributed by atoms with E-state index in [0.717, 1.165) is 5.56 Å². The highest BCUT2D eigenvalue weighted by Crippen LogP contribution is 2.25. The summed E-state index contributed by atoms with van der Waals surface area (Å²) in [6, 6.07) is 6.46. The van der Waals surface area contributed by atoms with Crippen molar-refractivity contribution in [3.63, 3.8) is 0 Å². The summed E-state index contributed by atoms with van der Waals surface area (Å²) in [5, 5.41) is 14.1. The second kappa shape index (κ2) is 7.18. The zero-order chi connectivity index (χ0) is 18.0. The fraction of sp³-hybridized carbons (Fsp3) is 0.471. The number of benzene rings is 1. The third kappa shape index (κ3) is 4.14. The number of hydrogen-bond donors (Lipinski definition) is 1. The van der Waals surface area contributed by atoms with Crippen LogP contribution in [0, 0.1) is 11.7 Å². The SMILES string of the molecule is CN(C)C(=O)C[C@@H]1CN(c2nc(Cc3ccc(F)cc3)no2)C[C@H]1O. The Bertz CT molecular complexity index is 732. The van der Waals surface area contributed by atoms with Crippen LogP contribution in [0.25, 0.3) is 0 Å². The highest BCUT2D eigenvalue weighted by Gasteiger charge is 2.35. The van der Waals surface area contributed by atoms with Crippen molar-refractivity contribution >= 4 is 11.9 Å². The lowest BCUT2D eigenvalue weighted by molar-refractivity contribution is -0.130. The number of aromatic nitrogens is 2. The van der Waals surface area contributed by atoms with E-state index in [0.29, 0.717) is 31.3 Å². The normalized spacial score (nSPS) is 20.1. The molecule has 1 aliphatic rings. The number of nitrogens with zero attached hydrogens (tertiary/aromatic N) is 4. The highest BCUT2D eigenvalue weighted by atomic mass is 19.1. The summed E-state index contributed by atoms with van der Waals surface area (Å²) in [6.45, 7) is 0.836. The molecular weight excluding hydrogens is 327 g/mol.